The molecule has 0 saturated carbocycles. The van der Waals surface area contributed by atoms with Crippen molar-refractivity contribution >= 4 is 5.69 Å². The summed E-state index contributed by atoms with van der Waals surface area (Å²) in [6.45, 7) is 3.94. The third-order valence-electron chi connectivity index (χ3n) is 3.55. The van der Waals surface area contributed by atoms with Crippen molar-refractivity contribution in [2.75, 3.05) is 18.4 Å². The summed E-state index contributed by atoms with van der Waals surface area (Å²) in [7, 11) is 0. The molecule has 18 heavy (non-hydrogen) atoms. The van der Waals surface area contributed by atoms with Crippen molar-refractivity contribution in [1.29, 1.82) is 0 Å². The van der Waals surface area contributed by atoms with Crippen LogP contribution in [-0.2, 0) is 12.8 Å². The van der Waals surface area contributed by atoms with Crippen molar-refractivity contribution < 1.29 is 0 Å². The predicted octanol–water partition coefficient (Wildman–Crippen LogP) is 2.59. The van der Waals surface area contributed by atoms with Gasteiger partial charge in [0.2, 0.25) is 0 Å². The van der Waals surface area contributed by atoms with Crippen LogP contribution < -0.4 is 10.6 Å². The molecule has 0 spiro atoms. The predicted molar refractivity (Wildman–Crippen MR) is 77.9 cm³/mol. The molecule has 0 heterocycles. The highest BCUT2D eigenvalue weighted by atomic mass is 14.9. The van der Waals surface area contributed by atoms with Crippen molar-refractivity contribution in [3.8, 4) is 12.3 Å². The molecule has 2 rings (SSSR count). The fraction of sp³-hybridized carbons (Fsp3) is 0.500. The molecular formula is C16H22N2. The van der Waals surface area contributed by atoms with E-state index in [1.165, 1.54) is 29.7 Å². The maximum absolute atomic E-state index is 5.31. The Morgan fingerprint density at radius 3 is 3.11 bits per heavy atom. The molecular weight excluding hydrogens is 220 g/mol. The highest BCUT2D eigenvalue weighted by Gasteiger charge is 2.19. The molecule has 2 N–H and O–H groups in total. The quantitative estimate of drug-likeness (QED) is 0.776. The van der Waals surface area contributed by atoms with Gasteiger partial charge >= 0.3 is 0 Å². The Hall–Kier alpha value is -1.46. The number of anilines is 1. The van der Waals surface area contributed by atoms with Crippen molar-refractivity contribution in [3.05, 3.63) is 29.3 Å². The van der Waals surface area contributed by atoms with Crippen molar-refractivity contribution in [2.45, 2.75) is 38.6 Å². The van der Waals surface area contributed by atoms with Crippen LogP contribution in [0.15, 0.2) is 18.2 Å². The van der Waals surface area contributed by atoms with Crippen LogP contribution in [0.25, 0.3) is 0 Å². The maximum atomic E-state index is 5.31. The number of hydrogen-bond donors (Lipinski definition) is 2. The summed E-state index contributed by atoms with van der Waals surface area (Å²) >= 11 is 0. The van der Waals surface area contributed by atoms with Gasteiger partial charge in [0, 0.05) is 11.7 Å². The van der Waals surface area contributed by atoms with E-state index < -0.39 is 0 Å². The Balaban J connectivity index is 2.07. The molecule has 0 radical (unpaired) electrons. The lowest BCUT2D eigenvalue weighted by Crippen LogP contribution is -2.35. The average molecular weight is 242 g/mol. The van der Waals surface area contributed by atoms with E-state index in [0.717, 1.165) is 19.4 Å². The number of terminal acetylenes is 1. The number of benzene rings is 1. The molecule has 1 aliphatic rings. The molecule has 1 aromatic rings. The standard InChI is InChI=1S/C16H22N2/c1-3-10-17-14-8-9-15-13(12-14)6-5-7-16(15)18-11-4-2/h2,5-7,14,17-18H,3,8-12H2,1H3. The van der Waals surface area contributed by atoms with E-state index >= 15 is 0 Å². The lowest BCUT2D eigenvalue weighted by atomic mass is 9.87. The van der Waals surface area contributed by atoms with Crippen molar-refractivity contribution in [2.24, 2.45) is 0 Å². The third kappa shape index (κ3) is 3.05. The Labute approximate surface area is 110 Å². The first kappa shape index (κ1) is 13.0. The van der Waals surface area contributed by atoms with Crippen LogP contribution in [0.5, 0.6) is 0 Å². The fourth-order valence-electron chi connectivity index (χ4n) is 2.64. The molecule has 0 saturated heterocycles. The van der Waals surface area contributed by atoms with E-state index in [9.17, 15) is 0 Å². The van der Waals surface area contributed by atoms with Crippen LogP contribution in [0.2, 0.25) is 0 Å². The van der Waals surface area contributed by atoms with Crippen molar-refractivity contribution in [1.82, 2.24) is 5.32 Å². The largest absolute Gasteiger partial charge is 0.374 e. The summed E-state index contributed by atoms with van der Waals surface area (Å²) < 4.78 is 0. The summed E-state index contributed by atoms with van der Waals surface area (Å²) in [4.78, 5) is 0. The number of fused-ring (bicyclic) bond motifs is 1. The molecule has 1 aliphatic carbocycles. The average Bonchev–Trinajstić information content (AvgIpc) is 2.42. The third-order valence-corrected chi connectivity index (χ3v) is 3.55. The lowest BCUT2D eigenvalue weighted by molar-refractivity contribution is 0.459. The lowest BCUT2D eigenvalue weighted by Gasteiger charge is -2.27. The molecule has 1 atom stereocenters. The normalized spacial score (nSPS) is 17.9. The molecule has 1 aromatic carbocycles. The van der Waals surface area contributed by atoms with E-state index in [1.54, 1.807) is 0 Å². The van der Waals surface area contributed by atoms with E-state index in [0.29, 0.717) is 12.6 Å². The minimum Gasteiger partial charge on any atom is -0.374 e. The number of rotatable bonds is 5. The maximum Gasteiger partial charge on any atom is 0.0763 e. The van der Waals surface area contributed by atoms with Gasteiger partial charge in [-0.25, -0.2) is 0 Å². The molecule has 0 aliphatic heterocycles. The van der Waals surface area contributed by atoms with Crippen LogP contribution in [0, 0.1) is 12.3 Å². The van der Waals surface area contributed by atoms with Crippen molar-refractivity contribution in [3.63, 3.8) is 0 Å². The van der Waals surface area contributed by atoms with Gasteiger partial charge in [-0.15, -0.1) is 6.42 Å². The van der Waals surface area contributed by atoms with Gasteiger partial charge in [-0.1, -0.05) is 25.0 Å². The van der Waals surface area contributed by atoms with Crippen LogP contribution in [0.3, 0.4) is 0 Å². The zero-order valence-electron chi connectivity index (χ0n) is 11.1. The SMILES string of the molecule is C#CCNc1cccc2c1CCC(NCCC)C2. The zero-order chi connectivity index (χ0) is 12.8. The second-order valence-corrected chi connectivity index (χ2v) is 4.89. The monoisotopic (exact) mass is 242 g/mol. The Kier molecular flexibility index (Phi) is 4.66. The fourth-order valence-corrected chi connectivity index (χ4v) is 2.64. The number of nitrogens with one attached hydrogen (secondary N) is 2. The Morgan fingerprint density at radius 2 is 2.33 bits per heavy atom. The van der Waals surface area contributed by atoms with Gasteiger partial charge in [0.15, 0.2) is 0 Å². The smallest absolute Gasteiger partial charge is 0.0763 e. The summed E-state index contributed by atoms with van der Waals surface area (Å²) in [5, 5.41) is 6.95. The first-order chi connectivity index (χ1) is 8.85. The van der Waals surface area contributed by atoms with Gasteiger partial charge < -0.3 is 10.6 Å². The molecule has 0 amide bonds. The molecule has 96 valence electrons. The van der Waals surface area contributed by atoms with Crippen LogP contribution in [0.4, 0.5) is 5.69 Å². The van der Waals surface area contributed by atoms with Gasteiger partial charge in [0.25, 0.3) is 0 Å². The summed E-state index contributed by atoms with van der Waals surface area (Å²) in [6, 6.07) is 7.15. The van der Waals surface area contributed by atoms with E-state index in [-0.39, 0.29) is 0 Å². The highest BCUT2D eigenvalue weighted by molar-refractivity contribution is 5.56. The first-order valence-electron chi connectivity index (χ1n) is 6.86. The molecule has 2 nitrogen and oxygen atoms in total. The van der Waals surface area contributed by atoms with Crippen LogP contribution in [0.1, 0.15) is 30.9 Å². The van der Waals surface area contributed by atoms with Gasteiger partial charge in [-0.3, -0.25) is 0 Å². The highest BCUT2D eigenvalue weighted by Crippen LogP contribution is 2.28. The summed E-state index contributed by atoms with van der Waals surface area (Å²) in [6.07, 6.45) is 10.0. The first-order valence-corrected chi connectivity index (χ1v) is 6.86. The Morgan fingerprint density at radius 1 is 1.44 bits per heavy atom. The summed E-state index contributed by atoms with van der Waals surface area (Å²) in [5.74, 6) is 2.64. The van der Waals surface area contributed by atoms with E-state index in [4.69, 9.17) is 6.42 Å². The van der Waals surface area contributed by atoms with Gasteiger partial charge in [0.1, 0.15) is 0 Å². The molecule has 0 aromatic heterocycles. The Bertz CT molecular complexity index is 431. The van der Waals surface area contributed by atoms with Crippen LogP contribution in [-0.4, -0.2) is 19.1 Å². The van der Waals surface area contributed by atoms with Gasteiger partial charge in [-0.2, -0.15) is 0 Å². The number of hydrogen-bond acceptors (Lipinski definition) is 2. The molecule has 2 heteroatoms. The topological polar surface area (TPSA) is 24.1 Å². The van der Waals surface area contributed by atoms with Gasteiger partial charge in [0.05, 0.1) is 6.54 Å². The van der Waals surface area contributed by atoms with E-state index in [2.05, 4.69) is 41.7 Å². The van der Waals surface area contributed by atoms with Gasteiger partial charge in [-0.05, 0) is 49.4 Å². The zero-order valence-corrected chi connectivity index (χ0v) is 11.1. The second kappa shape index (κ2) is 6.47. The molecule has 1 unspecified atom stereocenters. The minimum atomic E-state index is 0.605. The second-order valence-electron chi connectivity index (χ2n) is 4.89. The summed E-state index contributed by atoms with van der Waals surface area (Å²) in [5.41, 5.74) is 4.15. The van der Waals surface area contributed by atoms with E-state index in [1.807, 2.05) is 0 Å². The van der Waals surface area contributed by atoms with Crippen LogP contribution >= 0.6 is 0 Å². The minimum absolute atomic E-state index is 0.605. The molecule has 0 fully saturated rings. The molecule has 0 bridgehead atoms.